The van der Waals surface area contributed by atoms with Crippen LogP contribution in [0, 0.1) is 6.92 Å². The molecule has 2 rings (SSSR count). The van der Waals surface area contributed by atoms with Crippen LogP contribution in [0.2, 0.25) is 0 Å². The largest absolute Gasteiger partial charge is 0.0876 e. The molecule has 12 heavy (non-hydrogen) atoms. The lowest BCUT2D eigenvalue weighted by Gasteiger charge is -2.06. The Kier molecular flexibility index (Phi) is 2.22. The SMILES string of the molecule is Cc1cc(CBr)cc2c1CCC2. The predicted molar refractivity (Wildman–Crippen MR) is 55.8 cm³/mol. The molecule has 64 valence electrons. The van der Waals surface area contributed by atoms with E-state index in [2.05, 4.69) is 35.0 Å². The Morgan fingerprint density at radius 1 is 1.33 bits per heavy atom. The van der Waals surface area contributed by atoms with E-state index in [1.54, 1.807) is 11.1 Å². The minimum absolute atomic E-state index is 0.987. The quantitative estimate of drug-likeness (QED) is 0.642. The molecule has 0 aliphatic heterocycles. The minimum atomic E-state index is 0.987. The third-order valence-electron chi connectivity index (χ3n) is 2.65. The van der Waals surface area contributed by atoms with E-state index in [1.165, 1.54) is 30.4 Å². The van der Waals surface area contributed by atoms with Gasteiger partial charge in [-0.15, -0.1) is 0 Å². The molecule has 0 aromatic heterocycles. The smallest absolute Gasteiger partial charge is 0.0283 e. The summed E-state index contributed by atoms with van der Waals surface area (Å²) in [5, 5.41) is 0.987. The molecule has 0 nitrogen and oxygen atoms in total. The Morgan fingerprint density at radius 2 is 2.17 bits per heavy atom. The molecule has 0 heterocycles. The second-order valence-electron chi connectivity index (χ2n) is 3.54. The standard InChI is InChI=1S/C11H13Br/c1-8-5-9(7-12)6-10-3-2-4-11(8)10/h5-6H,2-4,7H2,1H3. The van der Waals surface area contributed by atoms with E-state index >= 15 is 0 Å². The lowest BCUT2D eigenvalue weighted by molar-refractivity contribution is 0.909. The summed E-state index contributed by atoms with van der Waals surface area (Å²) in [6.45, 7) is 2.23. The number of fused-ring (bicyclic) bond motifs is 1. The van der Waals surface area contributed by atoms with E-state index in [-0.39, 0.29) is 0 Å². The van der Waals surface area contributed by atoms with E-state index in [1.807, 2.05) is 0 Å². The molecule has 0 N–H and O–H groups in total. The predicted octanol–water partition coefficient (Wildman–Crippen LogP) is 3.38. The first-order chi connectivity index (χ1) is 5.81. The third kappa shape index (κ3) is 1.31. The van der Waals surface area contributed by atoms with Crippen molar-refractivity contribution >= 4 is 15.9 Å². The molecule has 1 aliphatic carbocycles. The number of rotatable bonds is 1. The van der Waals surface area contributed by atoms with Crippen LogP contribution in [-0.4, -0.2) is 0 Å². The first-order valence-corrected chi connectivity index (χ1v) is 5.60. The molecule has 0 radical (unpaired) electrons. The Hall–Kier alpha value is -0.300. The van der Waals surface area contributed by atoms with Crippen LogP contribution in [0.15, 0.2) is 12.1 Å². The summed E-state index contributed by atoms with van der Waals surface area (Å²) in [5.41, 5.74) is 6.11. The minimum Gasteiger partial charge on any atom is -0.0876 e. The molecule has 1 aliphatic rings. The summed E-state index contributed by atoms with van der Waals surface area (Å²) < 4.78 is 0. The van der Waals surface area contributed by atoms with Crippen LogP contribution < -0.4 is 0 Å². The van der Waals surface area contributed by atoms with E-state index in [9.17, 15) is 0 Å². The maximum atomic E-state index is 3.50. The van der Waals surface area contributed by atoms with Gasteiger partial charge in [-0.2, -0.15) is 0 Å². The van der Waals surface area contributed by atoms with Gasteiger partial charge in [-0.3, -0.25) is 0 Å². The first kappa shape index (κ1) is 8.31. The van der Waals surface area contributed by atoms with Crippen LogP contribution in [0.5, 0.6) is 0 Å². The molecule has 0 fully saturated rings. The summed E-state index contributed by atoms with van der Waals surface area (Å²) in [6, 6.07) is 4.66. The third-order valence-corrected chi connectivity index (χ3v) is 3.30. The van der Waals surface area contributed by atoms with Gasteiger partial charge in [0, 0.05) is 5.33 Å². The van der Waals surface area contributed by atoms with Crippen molar-refractivity contribution in [2.24, 2.45) is 0 Å². The highest BCUT2D eigenvalue weighted by atomic mass is 79.9. The lowest BCUT2D eigenvalue weighted by atomic mass is 10.0. The van der Waals surface area contributed by atoms with Gasteiger partial charge in [0.1, 0.15) is 0 Å². The van der Waals surface area contributed by atoms with Crippen molar-refractivity contribution in [3.05, 3.63) is 34.4 Å². The number of halogens is 1. The van der Waals surface area contributed by atoms with Crippen molar-refractivity contribution in [3.63, 3.8) is 0 Å². The number of aryl methyl sites for hydroxylation is 2. The average Bonchev–Trinajstić information content (AvgIpc) is 2.52. The van der Waals surface area contributed by atoms with Crippen molar-refractivity contribution in [2.45, 2.75) is 31.5 Å². The van der Waals surface area contributed by atoms with Gasteiger partial charge in [0.2, 0.25) is 0 Å². The summed E-state index contributed by atoms with van der Waals surface area (Å²) in [7, 11) is 0. The summed E-state index contributed by atoms with van der Waals surface area (Å²) >= 11 is 3.50. The Morgan fingerprint density at radius 3 is 2.92 bits per heavy atom. The topological polar surface area (TPSA) is 0 Å². The van der Waals surface area contributed by atoms with Crippen molar-refractivity contribution in [1.82, 2.24) is 0 Å². The highest BCUT2D eigenvalue weighted by molar-refractivity contribution is 9.08. The molecule has 0 saturated carbocycles. The number of benzene rings is 1. The molecule has 0 amide bonds. The molecule has 1 heteroatoms. The number of hydrogen-bond donors (Lipinski definition) is 0. The van der Waals surface area contributed by atoms with Crippen molar-refractivity contribution in [2.75, 3.05) is 0 Å². The fourth-order valence-electron chi connectivity index (χ4n) is 2.08. The van der Waals surface area contributed by atoms with E-state index in [4.69, 9.17) is 0 Å². The van der Waals surface area contributed by atoms with Crippen molar-refractivity contribution in [1.29, 1.82) is 0 Å². The molecule has 0 bridgehead atoms. The van der Waals surface area contributed by atoms with Gasteiger partial charge in [-0.05, 0) is 48.4 Å². The van der Waals surface area contributed by atoms with E-state index in [0.717, 1.165) is 5.33 Å². The molecule has 1 aromatic carbocycles. The van der Waals surface area contributed by atoms with Crippen molar-refractivity contribution < 1.29 is 0 Å². The van der Waals surface area contributed by atoms with Crippen LogP contribution in [0.25, 0.3) is 0 Å². The van der Waals surface area contributed by atoms with Crippen LogP contribution in [0.4, 0.5) is 0 Å². The van der Waals surface area contributed by atoms with Crippen molar-refractivity contribution in [3.8, 4) is 0 Å². The Labute approximate surface area is 82.1 Å². The second kappa shape index (κ2) is 3.21. The highest BCUT2D eigenvalue weighted by Crippen LogP contribution is 2.27. The Balaban J connectivity index is 2.51. The van der Waals surface area contributed by atoms with Gasteiger partial charge < -0.3 is 0 Å². The second-order valence-corrected chi connectivity index (χ2v) is 4.10. The average molecular weight is 225 g/mol. The van der Waals surface area contributed by atoms with Crippen LogP contribution in [-0.2, 0) is 18.2 Å². The zero-order valence-electron chi connectivity index (χ0n) is 7.36. The fraction of sp³-hybridized carbons (Fsp3) is 0.455. The molecule has 0 unspecified atom stereocenters. The molecule has 0 atom stereocenters. The lowest BCUT2D eigenvalue weighted by Crippen LogP contribution is -1.90. The van der Waals surface area contributed by atoms with Gasteiger partial charge in [-0.1, -0.05) is 28.1 Å². The van der Waals surface area contributed by atoms with E-state index in [0.29, 0.717) is 0 Å². The van der Waals surface area contributed by atoms with Gasteiger partial charge in [0.25, 0.3) is 0 Å². The van der Waals surface area contributed by atoms with E-state index < -0.39 is 0 Å². The van der Waals surface area contributed by atoms with Gasteiger partial charge in [0.05, 0.1) is 0 Å². The highest BCUT2D eigenvalue weighted by Gasteiger charge is 2.13. The number of hydrogen-bond acceptors (Lipinski definition) is 0. The maximum absolute atomic E-state index is 3.50. The zero-order valence-corrected chi connectivity index (χ0v) is 8.95. The van der Waals surface area contributed by atoms with Gasteiger partial charge in [-0.25, -0.2) is 0 Å². The molecule has 1 aromatic rings. The Bertz CT molecular complexity index is 302. The van der Waals surface area contributed by atoms with Gasteiger partial charge in [0.15, 0.2) is 0 Å². The molecular formula is C11H13Br. The number of alkyl halides is 1. The van der Waals surface area contributed by atoms with Crippen LogP contribution in [0.1, 0.15) is 28.7 Å². The molecule has 0 saturated heterocycles. The van der Waals surface area contributed by atoms with Crippen LogP contribution in [0.3, 0.4) is 0 Å². The summed E-state index contributed by atoms with van der Waals surface area (Å²) in [4.78, 5) is 0. The molecular weight excluding hydrogens is 212 g/mol. The maximum Gasteiger partial charge on any atom is 0.0283 e. The zero-order chi connectivity index (χ0) is 8.55. The monoisotopic (exact) mass is 224 g/mol. The normalized spacial score (nSPS) is 14.8. The first-order valence-electron chi connectivity index (χ1n) is 4.48. The molecule has 0 spiro atoms. The summed E-state index contributed by atoms with van der Waals surface area (Å²) in [6.07, 6.45) is 3.93. The van der Waals surface area contributed by atoms with Gasteiger partial charge >= 0.3 is 0 Å². The van der Waals surface area contributed by atoms with Crippen LogP contribution >= 0.6 is 15.9 Å². The fourth-order valence-corrected chi connectivity index (χ4v) is 2.41. The summed E-state index contributed by atoms with van der Waals surface area (Å²) in [5.74, 6) is 0.